The third kappa shape index (κ3) is 7.39. The molecular formula is C37H36ClN3O3. The number of hydrogen-bond donors (Lipinski definition) is 1. The molecular weight excluding hydrogens is 570 g/mol. The molecule has 7 heteroatoms. The zero-order valence-electron chi connectivity index (χ0n) is 24.6. The number of ether oxygens (including phenoxy) is 2. The molecule has 2 heterocycles. The molecule has 1 N–H and O–H groups in total. The monoisotopic (exact) mass is 605 g/mol. The van der Waals surface area contributed by atoms with Crippen molar-refractivity contribution in [1.82, 2.24) is 15.2 Å². The fraction of sp³-hybridized carbons (Fsp3) is 0.243. The number of nitrogens with zero attached hydrogens (tertiary/aromatic N) is 2. The first-order chi connectivity index (χ1) is 21.6. The van der Waals surface area contributed by atoms with Gasteiger partial charge in [0.05, 0.1) is 5.02 Å². The third-order valence-corrected chi connectivity index (χ3v) is 8.31. The van der Waals surface area contributed by atoms with E-state index in [9.17, 15) is 4.79 Å². The van der Waals surface area contributed by atoms with Gasteiger partial charge in [0.1, 0.15) is 23.6 Å². The summed E-state index contributed by atoms with van der Waals surface area (Å²) in [6.07, 6.45) is 4.24. The van der Waals surface area contributed by atoms with Gasteiger partial charge in [-0.1, -0.05) is 84.4 Å². The number of carbonyl (C=O) groups excluding carboxylic acids is 1. The second-order valence-corrected chi connectivity index (χ2v) is 11.5. The Hall–Kier alpha value is -4.39. The summed E-state index contributed by atoms with van der Waals surface area (Å²) in [6, 6.07) is 33.8. The number of likely N-dealkylation sites (tertiary alicyclic amines) is 1. The van der Waals surface area contributed by atoms with Crippen LogP contribution in [-0.2, 0) is 17.9 Å². The fourth-order valence-electron chi connectivity index (χ4n) is 5.78. The van der Waals surface area contributed by atoms with Crippen LogP contribution >= 0.6 is 11.6 Å². The number of amides is 1. The Kier molecular flexibility index (Phi) is 9.70. The van der Waals surface area contributed by atoms with Gasteiger partial charge in [0.25, 0.3) is 5.91 Å². The summed E-state index contributed by atoms with van der Waals surface area (Å²) >= 11 is 6.90. The van der Waals surface area contributed by atoms with Crippen molar-refractivity contribution in [2.24, 2.45) is 0 Å². The number of fused-ring (bicyclic) bond motifs is 1. The highest BCUT2D eigenvalue weighted by molar-refractivity contribution is 6.35. The highest BCUT2D eigenvalue weighted by Crippen LogP contribution is 2.40. The summed E-state index contributed by atoms with van der Waals surface area (Å²) in [5.41, 5.74) is 4.93. The van der Waals surface area contributed by atoms with Crippen molar-refractivity contribution in [3.05, 3.63) is 137 Å². The second-order valence-electron chi connectivity index (χ2n) is 11.1. The van der Waals surface area contributed by atoms with Gasteiger partial charge in [-0.2, -0.15) is 0 Å². The van der Waals surface area contributed by atoms with E-state index in [1.165, 1.54) is 18.4 Å². The maximum Gasteiger partial charge on any atom is 0.257 e. The molecule has 0 saturated carbocycles. The predicted molar refractivity (Wildman–Crippen MR) is 175 cm³/mol. The van der Waals surface area contributed by atoms with E-state index in [-0.39, 0.29) is 18.4 Å². The Bertz CT molecular complexity index is 1690. The summed E-state index contributed by atoms with van der Waals surface area (Å²) < 4.78 is 12.3. The Balaban J connectivity index is 1.35. The highest BCUT2D eigenvalue weighted by Gasteiger charge is 2.25. The van der Waals surface area contributed by atoms with Gasteiger partial charge in [0.2, 0.25) is 0 Å². The van der Waals surface area contributed by atoms with Crippen LogP contribution in [0.5, 0.6) is 11.5 Å². The number of benzene rings is 4. The molecule has 1 aromatic heterocycles. The van der Waals surface area contributed by atoms with Crippen molar-refractivity contribution in [3.8, 4) is 11.5 Å². The van der Waals surface area contributed by atoms with Crippen molar-refractivity contribution in [2.75, 3.05) is 26.2 Å². The van der Waals surface area contributed by atoms with Gasteiger partial charge in [-0.15, -0.1) is 0 Å². The first kappa shape index (κ1) is 29.7. The number of halogens is 1. The molecule has 224 valence electrons. The van der Waals surface area contributed by atoms with E-state index < -0.39 is 0 Å². The number of rotatable bonds is 12. The molecule has 1 unspecified atom stereocenters. The van der Waals surface area contributed by atoms with Crippen LogP contribution in [0.1, 0.15) is 41.0 Å². The number of nitrogens with one attached hydrogen (secondary N) is 1. The molecule has 1 saturated heterocycles. The molecule has 6 rings (SSSR count). The molecule has 0 spiro atoms. The molecule has 1 aliphatic heterocycles. The zero-order chi connectivity index (χ0) is 30.1. The lowest BCUT2D eigenvalue weighted by molar-refractivity contribution is -0.123. The largest absolute Gasteiger partial charge is 0.486 e. The maximum atomic E-state index is 13.0. The number of carbonyl (C=O) groups is 1. The van der Waals surface area contributed by atoms with Crippen LogP contribution in [0, 0.1) is 0 Å². The summed E-state index contributed by atoms with van der Waals surface area (Å²) in [7, 11) is 0. The SMILES string of the molecule is O=C(COc1ccccc1)NCC(c1cccc(CN2CCCC2)c1)c1cc(Cl)c2cccnc2c1OCc1ccccc1. The smallest absolute Gasteiger partial charge is 0.257 e. The second kappa shape index (κ2) is 14.4. The van der Waals surface area contributed by atoms with Gasteiger partial charge in [-0.3, -0.25) is 14.7 Å². The molecule has 0 radical (unpaired) electrons. The fourth-order valence-corrected chi connectivity index (χ4v) is 6.05. The Morgan fingerprint density at radius 1 is 0.864 bits per heavy atom. The van der Waals surface area contributed by atoms with Crippen molar-refractivity contribution in [3.63, 3.8) is 0 Å². The van der Waals surface area contributed by atoms with Gasteiger partial charge in [0, 0.05) is 36.2 Å². The van der Waals surface area contributed by atoms with E-state index >= 15 is 0 Å². The van der Waals surface area contributed by atoms with E-state index in [0.717, 1.165) is 41.7 Å². The number of pyridine rings is 1. The topological polar surface area (TPSA) is 63.7 Å². The van der Waals surface area contributed by atoms with E-state index in [4.69, 9.17) is 26.1 Å². The van der Waals surface area contributed by atoms with Crippen molar-refractivity contribution in [1.29, 1.82) is 0 Å². The van der Waals surface area contributed by atoms with Crippen molar-refractivity contribution < 1.29 is 14.3 Å². The molecule has 1 atom stereocenters. The molecule has 0 bridgehead atoms. The van der Waals surface area contributed by atoms with Crippen LogP contribution in [0.3, 0.4) is 0 Å². The minimum absolute atomic E-state index is 0.0802. The molecule has 1 aliphatic rings. The number of para-hydroxylation sites is 1. The van der Waals surface area contributed by atoms with Crippen LogP contribution in [0.25, 0.3) is 10.9 Å². The van der Waals surface area contributed by atoms with E-state index in [0.29, 0.717) is 35.2 Å². The van der Waals surface area contributed by atoms with Gasteiger partial charge >= 0.3 is 0 Å². The van der Waals surface area contributed by atoms with Gasteiger partial charge < -0.3 is 14.8 Å². The molecule has 4 aromatic carbocycles. The normalized spacial score (nSPS) is 13.9. The quantitative estimate of drug-likeness (QED) is 0.161. The minimum Gasteiger partial charge on any atom is -0.486 e. The van der Waals surface area contributed by atoms with Crippen molar-refractivity contribution in [2.45, 2.75) is 31.9 Å². The van der Waals surface area contributed by atoms with Gasteiger partial charge in [-0.05, 0) is 73.0 Å². The molecule has 5 aromatic rings. The standard InChI is InChI=1S/C37H36ClN3O3/c38-34-22-32(37(36-31(34)17-10-18-39-36)44-25-27-11-3-1-4-12-27)33(23-40-35(42)26-43-30-15-5-2-6-16-30)29-14-9-13-28(21-29)24-41-19-7-8-20-41/h1-6,9-18,21-22,33H,7-8,19-20,23-26H2,(H,40,42). The highest BCUT2D eigenvalue weighted by atomic mass is 35.5. The average molecular weight is 606 g/mol. The number of hydrogen-bond acceptors (Lipinski definition) is 5. The van der Waals surface area contributed by atoms with E-state index in [1.54, 1.807) is 6.20 Å². The van der Waals surface area contributed by atoms with Crippen LogP contribution in [-0.4, -0.2) is 42.0 Å². The van der Waals surface area contributed by atoms with Crippen LogP contribution < -0.4 is 14.8 Å². The molecule has 0 aliphatic carbocycles. The number of aromatic nitrogens is 1. The summed E-state index contributed by atoms with van der Waals surface area (Å²) in [6.45, 7) is 3.77. The first-order valence-electron chi connectivity index (χ1n) is 15.1. The summed E-state index contributed by atoms with van der Waals surface area (Å²) in [5.74, 6) is 0.865. The van der Waals surface area contributed by atoms with Crippen molar-refractivity contribution >= 4 is 28.4 Å². The van der Waals surface area contributed by atoms with Gasteiger partial charge in [-0.25, -0.2) is 0 Å². The zero-order valence-corrected chi connectivity index (χ0v) is 25.4. The third-order valence-electron chi connectivity index (χ3n) is 8.00. The van der Waals surface area contributed by atoms with Crippen LogP contribution in [0.4, 0.5) is 0 Å². The molecule has 1 fully saturated rings. The summed E-state index contributed by atoms with van der Waals surface area (Å²) in [4.78, 5) is 20.2. The van der Waals surface area contributed by atoms with E-state index in [1.807, 2.05) is 78.9 Å². The van der Waals surface area contributed by atoms with Crippen LogP contribution in [0.15, 0.2) is 109 Å². The van der Waals surface area contributed by atoms with Gasteiger partial charge in [0.15, 0.2) is 6.61 Å². The molecule has 6 nitrogen and oxygen atoms in total. The Morgan fingerprint density at radius 3 is 2.41 bits per heavy atom. The lowest BCUT2D eigenvalue weighted by Crippen LogP contribution is -2.33. The molecule has 1 amide bonds. The Labute approximate surface area is 263 Å². The Morgan fingerprint density at radius 2 is 1.61 bits per heavy atom. The lowest BCUT2D eigenvalue weighted by Gasteiger charge is -2.24. The summed E-state index contributed by atoms with van der Waals surface area (Å²) in [5, 5.41) is 4.53. The first-order valence-corrected chi connectivity index (χ1v) is 15.5. The maximum absolute atomic E-state index is 13.0. The predicted octanol–water partition coefficient (Wildman–Crippen LogP) is 7.39. The lowest BCUT2D eigenvalue weighted by atomic mass is 9.88. The van der Waals surface area contributed by atoms with E-state index in [2.05, 4.69) is 34.5 Å². The van der Waals surface area contributed by atoms with Crippen LogP contribution in [0.2, 0.25) is 5.02 Å². The molecule has 44 heavy (non-hydrogen) atoms. The minimum atomic E-state index is -0.246. The average Bonchev–Trinajstić information content (AvgIpc) is 3.58.